The molecule has 9 heteroatoms. The molecule has 1 unspecified atom stereocenters. The van der Waals surface area contributed by atoms with E-state index in [1.54, 1.807) is 0 Å². The van der Waals surface area contributed by atoms with E-state index in [9.17, 15) is 19.6 Å². The van der Waals surface area contributed by atoms with Crippen LogP contribution in [0.4, 0.5) is 0 Å². The lowest BCUT2D eigenvalue weighted by Crippen LogP contribution is -2.62. The molecule has 0 fully saturated rings. The van der Waals surface area contributed by atoms with E-state index in [4.69, 9.17) is 15.6 Å². The Morgan fingerprint density at radius 1 is 1.21 bits per heavy atom. The van der Waals surface area contributed by atoms with Crippen LogP contribution in [0, 0.1) is 16.7 Å². The Hall–Kier alpha value is -2.49. The quantitative estimate of drug-likeness (QED) is 0.134. The number of carbonyl (C=O) groups excluding carboxylic acids is 3. The third-order valence-electron chi connectivity index (χ3n) is 6.03. The second kappa shape index (κ2) is 13.3. The van der Waals surface area contributed by atoms with Gasteiger partial charge in [-0.05, 0) is 37.2 Å². The summed E-state index contributed by atoms with van der Waals surface area (Å²) in [7, 11) is 0. The van der Waals surface area contributed by atoms with Crippen molar-refractivity contribution in [1.82, 2.24) is 10.4 Å². The molecule has 0 saturated carbocycles. The number of amides is 3. The van der Waals surface area contributed by atoms with Crippen molar-refractivity contribution < 1.29 is 29.4 Å². The highest BCUT2D eigenvalue weighted by Crippen LogP contribution is 2.47. The number of nitrogens with zero attached hydrogens (tertiary/aromatic N) is 1. The van der Waals surface area contributed by atoms with Crippen molar-refractivity contribution in [3.63, 3.8) is 0 Å². The highest BCUT2D eigenvalue weighted by atomic mass is 16.5. The Kier molecular flexibility index (Phi) is 11.5. The summed E-state index contributed by atoms with van der Waals surface area (Å²) in [5.41, 5.74) is 4.76. The van der Waals surface area contributed by atoms with Crippen molar-refractivity contribution in [3.8, 4) is 0 Å². The second-order valence-corrected chi connectivity index (χ2v) is 9.33. The van der Waals surface area contributed by atoms with Crippen molar-refractivity contribution in [3.05, 3.63) is 35.9 Å². The summed E-state index contributed by atoms with van der Waals surface area (Å²) in [5, 5.41) is 22.3. The van der Waals surface area contributed by atoms with Crippen LogP contribution < -0.4 is 11.1 Å². The minimum absolute atomic E-state index is 0.125. The zero-order chi connectivity index (χ0) is 25.1. The Bertz CT molecular complexity index is 752. The van der Waals surface area contributed by atoms with Crippen molar-refractivity contribution in [1.29, 1.82) is 0 Å². The average molecular weight is 466 g/mol. The summed E-state index contributed by atoms with van der Waals surface area (Å²) in [6.07, 6.45) is 1.58. The van der Waals surface area contributed by atoms with Crippen LogP contribution in [-0.4, -0.2) is 66.0 Å². The molecule has 0 aliphatic rings. The summed E-state index contributed by atoms with van der Waals surface area (Å²) in [5.74, 6) is -2.11. The van der Waals surface area contributed by atoms with Crippen LogP contribution in [0.1, 0.15) is 46.1 Å². The highest BCUT2D eigenvalue weighted by molar-refractivity contribution is 5.91. The van der Waals surface area contributed by atoms with Crippen LogP contribution in [0.3, 0.4) is 0 Å². The number of aryl methyl sites for hydroxylation is 1. The molecule has 0 bridgehead atoms. The van der Waals surface area contributed by atoms with E-state index in [-0.39, 0.29) is 39.2 Å². The normalized spacial score (nSPS) is 15.2. The third kappa shape index (κ3) is 7.80. The SMILES string of the molecule is C[C@H](N(O)C=O)C(CCCc1ccccc1)(C(N)=O)[C@@H](C(=O)NCCOCCO)C(C)(C)C. The monoisotopic (exact) mass is 465 g/mol. The van der Waals surface area contributed by atoms with Crippen LogP contribution in [0.5, 0.6) is 0 Å². The van der Waals surface area contributed by atoms with Gasteiger partial charge in [-0.2, -0.15) is 0 Å². The Balaban J connectivity index is 3.31. The molecule has 9 nitrogen and oxygen atoms in total. The van der Waals surface area contributed by atoms with Gasteiger partial charge < -0.3 is 20.9 Å². The van der Waals surface area contributed by atoms with Crippen LogP contribution in [0.25, 0.3) is 0 Å². The number of hydroxylamine groups is 2. The van der Waals surface area contributed by atoms with E-state index in [1.165, 1.54) is 6.92 Å². The largest absolute Gasteiger partial charge is 0.394 e. The first-order chi connectivity index (χ1) is 15.5. The summed E-state index contributed by atoms with van der Waals surface area (Å²) in [6, 6.07) is 8.66. The van der Waals surface area contributed by atoms with Crippen LogP contribution >= 0.6 is 0 Å². The van der Waals surface area contributed by atoms with Gasteiger partial charge in [-0.15, -0.1) is 0 Å². The fourth-order valence-electron chi connectivity index (χ4n) is 4.54. The molecule has 5 N–H and O–H groups in total. The summed E-state index contributed by atoms with van der Waals surface area (Å²) < 4.78 is 5.20. The van der Waals surface area contributed by atoms with Gasteiger partial charge in [0.2, 0.25) is 18.2 Å². The molecule has 0 aliphatic carbocycles. The van der Waals surface area contributed by atoms with Gasteiger partial charge in [-0.3, -0.25) is 19.6 Å². The standard InChI is InChI=1S/C24H39N3O6/c1-18(27(32)17-29)24(22(25)31,12-8-11-19-9-6-5-7-10-19)20(23(2,3)4)21(30)26-13-15-33-16-14-28/h5-7,9-10,17-18,20,28,32H,8,11-16H2,1-4H3,(H2,25,31)(H,26,30)/t18-,20-,24?/m0/s1. The van der Waals surface area contributed by atoms with Crippen molar-refractivity contribution in [2.45, 2.75) is 53.0 Å². The lowest BCUT2D eigenvalue weighted by atomic mass is 9.57. The van der Waals surface area contributed by atoms with Gasteiger partial charge in [0.1, 0.15) is 0 Å². The lowest BCUT2D eigenvalue weighted by molar-refractivity contribution is -0.187. The number of ether oxygens (including phenoxy) is 1. The van der Waals surface area contributed by atoms with E-state index in [1.807, 2.05) is 51.1 Å². The number of nitrogens with two attached hydrogens (primary N) is 1. The average Bonchev–Trinajstić information content (AvgIpc) is 2.76. The molecular weight excluding hydrogens is 426 g/mol. The smallest absolute Gasteiger partial charge is 0.233 e. The first kappa shape index (κ1) is 28.5. The Labute approximate surface area is 196 Å². The zero-order valence-corrected chi connectivity index (χ0v) is 20.1. The predicted molar refractivity (Wildman–Crippen MR) is 124 cm³/mol. The summed E-state index contributed by atoms with van der Waals surface area (Å²) >= 11 is 0. The number of aliphatic hydroxyl groups is 1. The van der Waals surface area contributed by atoms with Gasteiger partial charge in [0, 0.05) is 6.54 Å². The lowest BCUT2D eigenvalue weighted by Gasteiger charge is -2.48. The van der Waals surface area contributed by atoms with Gasteiger partial charge in [-0.1, -0.05) is 51.1 Å². The molecule has 186 valence electrons. The van der Waals surface area contributed by atoms with E-state index in [0.717, 1.165) is 5.56 Å². The van der Waals surface area contributed by atoms with E-state index < -0.39 is 34.6 Å². The van der Waals surface area contributed by atoms with Crippen LogP contribution in [-0.2, 0) is 25.5 Å². The predicted octanol–water partition coefficient (Wildman–Crippen LogP) is 1.50. The van der Waals surface area contributed by atoms with Crippen molar-refractivity contribution in [2.75, 3.05) is 26.4 Å². The molecular formula is C24H39N3O6. The van der Waals surface area contributed by atoms with Gasteiger partial charge >= 0.3 is 0 Å². The molecule has 1 aromatic carbocycles. The number of primary amides is 1. The summed E-state index contributed by atoms with van der Waals surface area (Å²) in [4.78, 5) is 37.9. The maximum atomic E-state index is 13.4. The van der Waals surface area contributed by atoms with Gasteiger partial charge in [0.05, 0.1) is 37.2 Å². The molecule has 0 heterocycles. The number of nitrogens with one attached hydrogen (secondary N) is 1. The molecule has 0 aromatic heterocycles. The second-order valence-electron chi connectivity index (χ2n) is 9.33. The number of carbonyl (C=O) groups is 3. The van der Waals surface area contributed by atoms with Gasteiger partial charge in [-0.25, -0.2) is 5.06 Å². The highest BCUT2D eigenvalue weighted by Gasteiger charge is 2.57. The molecule has 0 saturated heterocycles. The third-order valence-corrected chi connectivity index (χ3v) is 6.03. The van der Waals surface area contributed by atoms with Crippen molar-refractivity contribution >= 4 is 18.2 Å². The fourth-order valence-corrected chi connectivity index (χ4v) is 4.54. The van der Waals surface area contributed by atoms with E-state index in [2.05, 4.69) is 5.32 Å². The van der Waals surface area contributed by atoms with E-state index in [0.29, 0.717) is 17.9 Å². The number of hydrogen-bond donors (Lipinski definition) is 4. The molecule has 1 rings (SSSR count). The van der Waals surface area contributed by atoms with Crippen LogP contribution in [0.15, 0.2) is 30.3 Å². The molecule has 0 spiro atoms. The van der Waals surface area contributed by atoms with Crippen LogP contribution in [0.2, 0.25) is 0 Å². The molecule has 3 amide bonds. The zero-order valence-electron chi connectivity index (χ0n) is 20.1. The van der Waals surface area contributed by atoms with Gasteiger partial charge in [0.25, 0.3) is 0 Å². The van der Waals surface area contributed by atoms with Gasteiger partial charge in [0.15, 0.2) is 0 Å². The number of aliphatic hydroxyl groups excluding tert-OH is 1. The number of hydrogen-bond acceptors (Lipinski definition) is 6. The minimum Gasteiger partial charge on any atom is -0.394 e. The Morgan fingerprint density at radius 3 is 2.36 bits per heavy atom. The topological polar surface area (TPSA) is 142 Å². The molecule has 0 radical (unpaired) electrons. The fraction of sp³-hybridized carbons (Fsp3) is 0.625. The Morgan fingerprint density at radius 2 is 1.85 bits per heavy atom. The number of benzene rings is 1. The molecule has 0 aliphatic heterocycles. The summed E-state index contributed by atoms with van der Waals surface area (Å²) in [6.45, 7) is 7.39. The minimum atomic E-state index is -1.53. The first-order valence-corrected chi connectivity index (χ1v) is 11.2. The van der Waals surface area contributed by atoms with Crippen molar-refractivity contribution in [2.24, 2.45) is 22.5 Å². The maximum absolute atomic E-state index is 13.4. The number of rotatable bonds is 15. The molecule has 33 heavy (non-hydrogen) atoms. The molecule has 1 aromatic rings. The first-order valence-electron chi connectivity index (χ1n) is 11.2. The maximum Gasteiger partial charge on any atom is 0.233 e. The van der Waals surface area contributed by atoms with E-state index >= 15 is 0 Å². The molecule has 3 atom stereocenters.